The van der Waals surface area contributed by atoms with Gasteiger partial charge in [0, 0.05) is 11.7 Å². The maximum Gasteiger partial charge on any atom is 0.255 e. The van der Waals surface area contributed by atoms with Gasteiger partial charge in [0.2, 0.25) is 0 Å². The summed E-state index contributed by atoms with van der Waals surface area (Å²) in [6, 6.07) is 0. The molecule has 7 heteroatoms. The molecule has 5 nitrogen and oxygen atoms in total. The molecule has 0 aliphatic heterocycles. The van der Waals surface area contributed by atoms with Crippen molar-refractivity contribution in [3.63, 3.8) is 0 Å². The first-order valence-corrected chi connectivity index (χ1v) is 11.0. The summed E-state index contributed by atoms with van der Waals surface area (Å²) in [6.07, 6.45) is 3.48. The number of fused-ring (bicyclic) bond motifs is 1. The summed E-state index contributed by atoms with van der Waals surface area (Å²) < 4.78 is 1.76. The van der Waals surface area contributed by atoms with E-state index in [1.54, 1.807) is 4.52 Å². The SMILES string of the molecule is CCC(C)c1c(Cl)nc2ncnn2c1NC[Si](C)(C)C. The van der Waals surface area contributed by atoms with Gasteiger partial charge in [0.15, 0.2) is 0 Å². The predicted octanol–water partition coefficient (Wildman–Crippen LogP) is 3.58. The minimum atomic E-state index is -1.23. The van der Waals surface area contributed by atoms with Crippen LogP contribution in [-0.2, 0) is 0 Å². The van der Waals surface area contributed by atoms with Crippen molar-refractivity contribution >= 4 is 31.3 Å². The summed E-state index contributed by atoms with van der Waals surface area (Å²) in [4.78, 5) is 8.47. The Bertz CT molecular complexity index is 605. The number of rotatable bonds is 5. The molecule has 2 aromatic heterocycles. The largest absolute Gasteiger partial charge is 0.373 e. The maximum atomic E-state index is 6.37. The third-order valence-corrected chi connectivity index (χ3v) is 4.83. The van der Waals surface area contributed by atoms with Crippen LogP contribution in [-0.4, -0.2) is 33.8 Å². The molecule has 0 spiro atoms. The molecule has 20 heavy (non-hydrogen) atoms. The van der Waals surface area contributed by atoms with Crippen LogP contribution in [0.2, 0.25) is 24.8 Å². The van der Waals surface area contributed by atoms with Crippen LogP contribution in [0.15, 0.2) is 6.33 Å². The van der Waals surface area contributed by atoms with Crippen molar-refractivity contribution in [1.29, 1.82) is 0 Å². The second-order valence-electron chi connectivity index (χ2n) is 6.36. The van der Waals surface area contributed by atoms with Crippen LogP contribution in [0.25, 0.3) is 5.78 Å². The van der Waals surface area contributed by atoms with Crippen LogP contribution in [0.3, 0.4) is 0 Å². The van der Waals surface area contributed by atoms with E-state index in [0.29, 0.717) is 16.8 Å². The van der Waals surface area contributed by atoms with Gasteiger partial charge in [0.25, 0.3) is 5.78 Å². The Balaban J connectivity index is 2.54. The van der Waals surface area contributed by atoms with E-state index in [0.717, 1.165) is 24.0 Å². The minimum absolute atomic E-state index is 0.327. The Labute approximate surface area is 125 Å². The molecule has 0 bridgehead atoms. The minimum Gasteiger partial charge on any atom is -0.373 e. The monoisotopic (exact) mass is 311 g/mol. The van der Waals surface area contributed by atoms with Crippen molar-refractivity contribution in [1.82, 2.24) is 19.6 Å². The van der Waals surface area contributed by atoms with E-state index >= 15 is 0 Å². The molecule has 110 valence electrons. The fourth-order valence-electron chi connectivity index (χ4n) is 1.99. The van der Waals surface area contributed by atoms with Crippen LogP contribution in [0.5, 0.6) is 0 Å². The van der Waals surface area contributed by atoms with Crippen molar-refractivity contribution in [2.24, 2.45) is 0 Å². The second-order valence-corrected chi connectivity index (χ2v) is 12.2. The lowest BCUT2D eigenvalue weighted by atomic mass is 10.0. The zero-order valence-corrected chi connectivity index (χ0v) is 14.5. The maximum absolute atomic E-state index is 6.37. The fraction of sp³-hybridized carbons (Fsp3) is 0.615. The van der Waals surface area contributed by atoms with E-state index in [-0.39, 0.29) is 0 Å². The number of nitrogens with zero attached hydrogens (tertiary/aromatic N) is 4. The zero-order valence-electron chi connectivity index (χ0n) is 12.7. The van der Waals surface area contributed by atoms with Gasteiger partial charge in [0.1, 0.15) is 17.3 Å². The normalized spacial score (nSPS) is 13.7. The molecular formula is C13H22ClN5Si. The molecule has 1 atom stereocenters. The van der Waals surface area contributed by atoms with E-state index in [1.165, 1.54) is 6.33 Å². The lowest BCUT2D eigenvalue weighted by Crippen LogP contribution is -2.32. The summed E-state index contributed by atoms with van der Waals surface area (Å²) in [5, 5.41) is 8.34. The first-order valence-electron chi connectivity index (χ1n) is 6.96. The zero-order chi connectivity index (χ0) is 14.9. The van der Waals surface area contributed by atoms with E-state index in [9.17, 15) is 0 Å². The van der Waals surface area contributed by atoms with Crippen LogP contribution in [0, 0.1) is 0 Å². The van der Waals surface area contributed by atoms with Crippen LogP contribution in [0.4, 0.5) is 5.82 Å². The Morgan fingerprint density at radius 1 is 1.40 bits per heavy atom. The fourth-order valence-corrected chi connectivity index (χ4v) is 3.04. The standard InChI is InChI=1S/C13H22ClN5Si/c1-6-9(2)10-11(14)18-13-15-7-17-19(13)12(10)16-8-20(3,4)5/h7,9,16H,6,8H2,1-5H3. The van der Waals surface area contributed by atoms with Gasteiger partial charge in [-0.1, -0.05) is 45.1 Å². The number of hydrogen-bond acceptors (Lipinski definition) is 4. The number of aromatic nitrogens is 4. The first kappa shape index (κ1) is 15.2. The van der Waals surface area contributed by atoms with Crippen LogP contribution >= 0.6 is 11.6 Å². The molecule has 1 unspecified atom stereocenters. The molecule has 0 amide bonds. The highest BCUT2D eigenvalue weighted by Gasteiger charge is 2.21. The highest BCUT2D eigenvalue weighted by atomic mass is 35.5. The van der Waals surface area contributed by atoms with E-state index in [4.69, 9.17) is 11.6 Å². The number of anilines is 1. The summed E-state index contributed by atoms with van der Waals surface area (Å²) in [7, 11) is -1.23. The third-order valence-electron chi connectivity index (χ3n) is 3.31. The molecule has 0 aliphatic rings. The van der Waals surface area contributed by atoms with E-state index in [1.807, 2.05) is 0 Å². The van der Waals surface area contributed by atoms with Gasteiger partial charge < -0.3 is 5.32 Å². The highest BCUT2D eigenvalue weighted by Crippen LogP contribution is 2.32. The molecule has 0 aromatic carbocycles. The average Bonchev–Trinajstić information content (AvgIpc) is 2.81. The quantitative estimate of drug-likeness (QED) is 0.677. The topological polar surface area (TPSA) is 55.1 Å². The summed E-state index contributed by atoms with van der Waals surface area (Å²) in [6.45, 7) is 11.3. The van der Waals surface area contributed by atoms with Gasteiger partial charge in [-0.25, -0.2) is 0 Å². The number of hydrogen-bond donors (Lipinski definition) is 1. The van der Waals surface area contributed by atoms with Gasteiger partial charge in [-0.15, -0.1) is 0 Å². The molecule has 0 saturated carbocycles. The van der Waals surface area contributed by atoms with E-state index < -0.39 is 8.07 Å². The average molecular weight is 312 g/mol. The molecule has 2 aromatic rings. The van der Waals surface area contributed by atoms with Crippen molar-refractivity contribution < 1.29 is 0 Å². The highest BCUT2D eigenvalue weighted by molar-refractivity contribution is 6.76. The molecule has 0 fully saturated rings. The molecule has 2 rings (SSSR count). The van der Waals surface area contributed by atoms with Crippen molar-refractivity contribution in [2.45, 2.75) is 45.8 Å². The van der Waals surface area contributed by atoms with Gasteiger partial charge in [-0.05, 0) is 12.3 Å². The van der Waals surface area contributed by atoms with Gasteiger partial charge >= 0.3 is 0 Å². The second kappa shape index (κ2) is 5.69. The smallest absolute Gasteiger partial charge is 0.255 e. The Kier molecular flexibility index (Phi) is 4.34. The number of halogens is 1. The van der Waals surface area contributed by atoms with Crippen molar-refractivity contribution in [3.8, 4) is 0 Å². The third kappa shape index (κ3) is 3.12. The van der Waals surface area contributed by atoms with Crippen LogP contribution < -0.4 is 5.32 Å². The van der Waals surface area contributed by atoms with E-state index in [2.05, 4.69) is 53.9 Å². The molecule has 0 saturated heterocycles. The molecule has 0 radical (unpaired) electrons. The number of nitrogens with one attached hydrogen (secondary N) is 1. The van der Waals surface area contributed by atoms with Crippen LogP contribution in [0.1, 0.15) is 31.7 Å². The Hall–Kier alpha value is -1.14. The van der Waals surface area contributed by atoms with Crippen molar-refractivity contribution in [2.75, 3.05) is 11.5 Å². The Morgan fingerprint density at radius 2 is 2.10 bits per heavy atom. The predicted molar refractivity (Wildman–Crippen MR) is 86.3 cm³/mol. The van der Waals surface area contributed by atoms with Gasteiger partial charge in [-0.3, -0.25) is 0 Å². The Morgan fingerprint density at radius 3 is 2.70 bits per heavy atom. The first-order chi connectivity index (χ1) is 9.33. The summed E-state index contributed by atoms with van der Waals surface area (Å²) >= 11 is 6.37. The lowest BCUT2D eigenvalue weighted by Gasteiger charge is -2.22. The van der Waals surface area contributed by atoms with Crippen molar-refractivity contribution in [3.05, 3.63) is 17.0 Å². The summed E-state index contributed by atoms with van der Waals surface area (Å²) in [5.41, 5.74) is 1.03. The summed E-state index contributed by atoms with van der Waals surface area (Å²) in [5.74, 6) is 1.81. The lowest BCUT2D eigenvalue weighted by molar-refractivity contribution is 0.720. The molecule has 1 N–H and O–H groups in total. The molecular weight excluding hydrogens is 290 g/mol. The molecule has 0 aliphatic carbocycles. The molecule has 2 heterocycles. The van der Waals surface area contributed by atoms with Gasteiger partial charge in [-0.2, -0.15) is 19.6 Å². The van der Waals surface area contributed by atoms with Gasteiger partial charge in [0.05, 0.1) is 8.07 Å².